The third kappa shape index (κ3) is 3.97. The molecule has 0 fully saturated rings. The number of nitrogens with zero attached hydrogens (tertiary/aromatic N) is 1. The lowest BCUT2D eigenvalue weighted by Crippen LogP contribution is -2.51. The molecule has 0 spiro atoms. The maximum atomic E-state index is 13.5. The normalized spacial score (nSPS) is 15.2. The lowest BCUT2D eigenvalue weighted by Gasteiger charge is -2.28. The van der Waals surface area contributed by atoms with Crippen LogP contribution in [0.1, 0.15) is 27.7 Å². The van der Waals surface area contributed by atoms with Gasteiger partial charge in [-0.25, -0.2) is 4.39 Å². The summed E-state index contributed by atoms with van der Waals surface area (Å²) in [6.45, 7) is 7.14. The van der Waals surface area contributed by atoms with E-state index < -0.39 is 10.8 Å². The second kappa shape index (κ2) is 6.76. The summed E-state index contributed by atoms with van der Waals surface area (Å²) < 4.78 is 13.5. The number of nitrogens with one attached hydrogen (secondary N) is 1. The Bertz CT molecular complexity index is 527. The molecule has 0 aliphatic carbocycles. The highest BCUT2D eigenvalue weighted by Gasteiger charge is 2.31. The zero-order chi connectivity index (χ0) is 15.3. The lowest BCUT2D eigenvalue weighted by molar-refractivity contribution is -0.121. The van der Waals surface area contributed by atoms with E-state index in [1.165, 1.54) is 6.07 Å². The van der Waals surface area contributed by atoms with Crippen LogP contribution in [0.15, 0.2) is 29.2 Å². The van der Waals surface area contributed by atoms with Crippen molar-refractivity contribution in [1.82, 2.24) is 5.32 Å². The van der Waals surface area contributed by atoms with Crippen LogP contribution in [0, 0.1) is 23.1 Å². The van der Waals surface area contributed by atoms with Crippen LogP contribution in [0.5, 0.6) is 0 Å². The predicted molar refractivity (Wildman–Crippen MR) is 78.7 cm³/mol. The van der Waals surface area contributed by atoms with Gasteiger partial charge in [0.05, 0.1) is 11.3 Å². The van der Waals surface area contributed by atoms with Crippen molar-refractivity contribution in [2.45, 2.75) is 43.4 Å². The summed E-state index contributed by atoms with van der Waals surface area (Å²) >= 11 is 1.14. The van der Waals surface area contributed by atoms with E-state index in [2.05, 4.69) is 11.4 Å². The van der Waals surface area contributed by atoms with Gasteiger partial charge in [0.1, 0.15) is 11.4 Å². The van der Waals surface area contributed by atoms with Gasteiger partial charge in [0, 0.05) is 4.90 Å². The first-order valence-corrected chi connectivity index (χ1v) is 7.32. The molecule has 0 saturated carbocycles. The van der Waals surface area contributed by atoms with Gasteiger partial charge in [-0.1, -0.05) is 26.0 Å². The minimum Gasteiger partial charge on any atom is -0.337 e. The van der Waals surface area contributed by atoms with E-state index in [4.69, 9.17) is 0 Å². The van der Waals surface area contributed by atoms with Crippen molar-refractivity contribution in [3.63, 3.8) is 0 Å². The van der Waals surface area contributed by atoms with Gasteiger partial charge >= 0.3 is 0 Å². The second-order valence-electron chi connectivity index (χ2n) is 5.15. The predicted octanol–water partition coefficient (Wildman–Crippen LogP) is 3.36. The van der Waals surface area contributed by atoms with Crippen LogP contribution >= 0.6 is 11.8 Å². The Morgan fingerprint density at radius 2 is 2.00 bits per heavy atom. The minimum atomic E-state index is -0.916. The number of benzene rings is 1. The lowest BCUT2D eigenvalue weighted by atomic mass is 9.90. The first kappa shape index (κ1) is 16.5. The summed E-state index contributed by atoms with van der Waals surface area (Å²) in [6.07, 6.45) is 0. The van der Waals surface area contributed by atoms with Crippen LogP contribution in [0.3, 0.4) is 0 Å². The zero-order valence-electron chi connectivity index (χ0n) is 12.1. The summed E-state index contributed by atoms with van der Waals surface area (Å²) in [4.78, 5) is 12.6. The average Bonchev–Trinajstić information content (AvgIpc) is 2.40. The fourth-order valence-electron chi connectivity index (χ4n) is 1.44. The second-order valence-corrected chi connectivity index (χ2v) is 6.53. The van der Waals surface area contributed by atoms with Gasteiger partial charge in [-0.3, -0.25) is 4.79 Å². The first-order valence-electron chi connectivity index (χ1n) is 6.44. The Hall–Kier alpha value is -1.54. The smallest absolute Gasteiger partial charge is 0.234 e. The Labute approximate surface area is 123 Å². The van der Waals surface area contributed by atoms with Crippen LogP contribution in [0.4, 0.5) is 4.39 Å². The van der Waals surface area contributed by atoms with E-state index in [9.17, 15) is 14.4 Å². The molecule has 0 radical (unpaired) electrons. The molecule has 1 rings (SSSR count). The Morgan fingerprint density at radius 3 is 2.50 bits per heavy atom. The summed E-state index contributed by atoms with van der Waals surface area (Å²) in [6, 6.07) is 8.45. The average molecular weight is 294 g/mol. The van der Waals surface area contributed by atoms with E-state index in [1.54, 1.807) is 32.0 Å². The number of rotatable bonds is 5. The molecule has 0 heterocycles. The fraction of sp³-hybridized carbons (Fsp3) is 0.467. The Kier molecular flexibility index (Phi) is 5.58. The number of carbonyl (C=O) groups is 1. The SMILES string of the molecule is CC(C)[C@](C)(C#N)NC(=O)[C@H](C)Sc1ccccc1F. The monoisotopic (exact) mass is 294 g/mol. The van der Waals surface area contributed by atoms with Gasteiger partial charge in [0.25, 0.3) is 0 Å². The summed E-state index contributed by atoms with van der Waals surface area (Å²) in [5, 5.41) is 11.5. The van der Waals surface area contributed by atoms with Crippen LogP contribution in [-0.4, -0.2) is 16.7 Å². The highest BCUT2D eigenvalue weighted by atomic mass is 32.2. The molecule has 1 amide bonds. The molecule has 20 heavy (non-hydrogen) atoms. The van der Waals surface area contributed by atoms with E-state index in [-0.39, 0.29) is 17.6 Å². The molecule has 0 aromatic heterocycles. The largest absolute Gasteiger partial charge is 0.337 e. The van der Waals surface area contributed by atoms with Crippen LogP contribution in [0.2, 0.25) is 0 Å². The molecule has 1 aromatic rings. The molecular weight excluding hydrogens is 275 g/mol. The van der Waals surface area contributed by atoms with Gasteiger partial charge < -0.3 is 5.32 Å². The minimum absolute atomic E-state index is 0.0119. The molecule has 2 atom stereocenters. The van der Waals surface area contributed by atoms with Gasteiger partial charge in [-0.15, -0.1) is 11.8 Å². The molecule has 3 nitrogen and oxygen atoms in total. The summed E-state index contributed by atoms with van der Waals surface area (Å²) in [5.41, 5.74) is -0.916. The molecule has 0 bridgehead atoms. The molecule has 108 valence electrons. The van der Waals surface area contributed by atoms with Crippen molar-refractivity contribution in [3.05, 3.63) is 30.1 Å². The molecule has 5 heteroatoms. The topological polar surface area (TPSA) is 52.9 Å². The quantitative estimate of drug-likeness (QED) is 0.847. The number of hydrogen-bond donors (Lipinski definition) is 1. The summed E-state index contributed by atoms with van der Waals surface area (Å²) in [7, 11) is 0. The van der Waals surface area contributed by atoms with Gasteiger partial charge in [-0.2, -0.15) is 5.26 Å². The standard InChI is InChI=1S/C15H19FN2OS/c1-10(2)15(4,9-17)18-14(19)11(3)20-13-8-6-5-7-12(13)16/h5-8,10-11H,1-4H3,(H,18,19)/t11-,15-/m0/s1. The van der Waals surface area contributed by atoms with Gasteiger partial charge in [0.2, 0.25) is 5.91 Å². The van der Waals surface area contributed by atoms with Crippen molar-refractivity contribution in [2.24, 2.45) is 5.92 Å². The van der Waals surface area contributed by atoms with Crippen LogP contribution in [-0.2, 0) is 4.79 Å². The van der Waals surface area contributed by atoms with Crippen LogP contribution < -0.4 is 5.32 Å². The molecule has 0 unspecified atom stereocenters. The molecule has 0 aliphatic rings. The van der Waals surface area contributed by atoms with Crippen molar-refractivity contribution in [3.8, 4) is 6.07 Å². The van der Waals surface area contributed by atoms with E-state index >= 15 is 0 Å². The number of nitriles is 1. The van der Waals surface area contributed by atoms with Crippen molar-refractivity contribution >= 4 is 17.7 Å². The van der Waals surface area contributed by atoms with Crippen molar-refractivity contribution < 1.29 is 9.18 Å². The van der Waals surface area contributed by atoms with Gasteiger partial charge in [0.15, 0.2) is 0 Å². The molecule has 1 N–H and O–H groups in total. The third-order valence-corrected chi connectivity index (χ3v) is 4.43. The highest BCUT2D eigenvalue weighted by molar-refractivity contribution is 8.00. The van der Waals surface area contributed by atoms with E-state index in [0.29, 0.717) is 4.90 Å². The molecule has 0 aliphatic heterocycles. The van der Waals surface area contributed by atoms with Crippen LogP contribution in [0.25, 0.3) is 0 Å². The molecule has 0 saturated heterocycles. The highest BCUT2D eigenvalue weighted by Crippen LogP contribution is 2.26. The number of amides is 1. The fourth-order valence-corrected chi connectivity index (χ4v) is 2.33. The molecular formula is C15H19FN2OS. The zero-order valence-corrected chi connectivity index (χ0v) is 12.9. The molecule has 1 aromatic carbocycles. The number of halogens is 1. The summed E-state index contributed by atoms with van der Waals surface area (Å²) in [5.74, 6) is -0.623. The van der Waals surface area contributed by atoms with E-state index in [1.807, 2.05) is 13.8 Å². The Balaban J connectivity index is 2.74. The first-order chi connectivity index (χ1) is 9.30. The Morgan fingerprint density at radius 1 is 1.40 bits per heavy atom. The maximum absolute atomic E-state index is 13.5. The van der Waals surface area contributed by atoms with E-state index in [0.717, 1.165) is 11.8 Å². The van der Waals surface area contributed by atoms with Gasteiger partial charge in [-0.05, 0) is 31.9 Å². The number of hydrogen-bond acceptors (Lipinski definition) is 3. The van der Waals surface area contributed by atoms with Crippen molar-refractivity contribution in [1.29, 1.82) is 5.26 Å². The third-order valence-electron chi connectivity index (χ3n) is 3.28. The maximum Gasteiger partial charge on any atom is 0.234 e. The number of carbonyl (C=O) groups excluding carboxylic acids is 1. The number of thioether (sulfide) groups is 1. The van der Waals surface area contributed by atoms with Crippen molar-refractivity contribution in [2.75, 3.05) is 0 Å².